The Kier molecular flexibility index (Phi) is 27.0. The number of carbonyl (C=O) groups excluding carboxylic acids is 6. The second-order valence-corrected chi connectivity index (χ2v) is 4.99. The summed E-state index contributed by atoms with van der Waals surface area (Å²) < 4.78 is 0. The average Bonchev–Trinajstić information content (AvgIpc) is 2.65. The number of aliphatic hydroxyl groups excluding tert-OH is 3. The molecule has 0 aromatic rings. The number of hydrogen-bond acceptors (Lipinski definition) is 21. The molecule has 21 nitrogen and oxygen atoms in total. The van der Waals surface area contributed by atoms with Gasteiger partial charge in [0.2, 0.25) is 0 Å². The van der Waals surface area contributed by atoms with Crippen LogP contribution in [0.25, 0.3) is 0 Å². The fourth-order valence-corrected chi connectivity index (χ4v) is 1.02. The molecule has 3 atom stereocenters. The fourth-order valence-electron chi connectivity index (χ4n) is 1.02. The van der Waals surface area contributed by atoms with E-state index in [0.29, 0.717) is 0 Å². The molecule has 0 saturated heterocycles. The molecule has 196 valence electrons. The maximum absolute atomic E-state index is 9.75. The van der Waals surface area contributed by atoms with Gasteiger partial charge < -0.3 is 90.3 Å². The molecule has 0 amide bonds. The van der Waals surface area contributed by atoms with E-state index in [4.69, 9.17) is 30.9 Å². The summed E-state index contributed by atoms with van der Waals surface area (Å²) >= 11 is 0. The van der Waals surface area contributed by atoms with Crippen molar-refractivity contribution in [1.82, 2.24) is 15.2 Å². The van der Waals surface area contributed by atoms with Gasteiger partial charge in [0.15, 0.2) is 18.7 Å². The summed E-state index contributed by atoms with van der Waals surface area (Å²) in [6.45, 7) is -3.31. The van der Waals surface area contributed by atoms with Crippen LogP contribution in [0, 0.1) is 0 Å². The first-order chi connectivity index (χ1) is 14.8. The van der Waals surface area contributed by atoms with Gasteiger partial charge in [-0.1, -0.05) is 0 Å². The van der Waals surface area contributed by atoms with E-state index in [1.807, 2.05) is 0 Å². The molecule has 0 fully saturated rings. The zero-order valence-electron chi connectivity index (χ0n) is 16.7. The Morgan fingerprint density at radius 1 is 0.486 bits per heavy atom. The van der Waals surface area contributed by atoms with E-state index in [1.165, 1.54) is 0 Å². The summed E-state index contributed by atoms with van der Waals surface area (Å²) in [6.07, 6.45) is -7.06. The quantitative estimate of drug-likeness (QED) is 0.0905. The minimum Gasteiger partial charge on any atom is -0.549 e. The van der Waals surface area contributed by atoms with Gasteiger partial charge in [-0.2, -0.15) is 15.2 Å². The molecule has 0 rings (SSSR count). The van der Waals surface area contributed by atoms with E-state index in [-0.39, 0.29) is 52.3 Å². The van der Waals surface area contributed by atoms with Crippen molar-refractivity contribution in [3.05, 3.63) is 0 Å². The van der Waals surface area contributed by atoms with E-state index in [0.717, 1.165) is 0 Å². The molecule has 0 spiro atoms. The smallest absolute Gasteiger partial charge is 0.549 e. The Hall–Kier alpha value is -2.37. The normalized spacial score (nSPS) is 12.3. The van der Waals surface area contributed by atoms with Gasteiger partial charge in [-0.3, -0.25) is 0 Å². The van der Waals surface area contributed by atoms with E-state index in [1.54, 1.807) is 0 Å². The van der Waals surface area contributed by atoms with Crippen molar-refractivity contribution in [2.24, 2.45) is 0 Å². The Morgan fingerprint density at radius 3 is 0.714 bits per heavy atom. The molecule has 0 aliphatic carbocycles. The minimum atomic E-state index is -2.35. The van der Waals surface area contributed by atoms with Crippen LogP contribution in [0.1, 0.15) is 0 Å². The molecule has 0 aromatic carbocycles. The number of aliphatic hydroxyl groups is 3. The van der Waals surface area contributed by atoms with Crippen LogP contribution in [0.4, 0.5) is 0 Å². The third kappa shape index (κ3) is 24.6. The van der Waals surface area contributed by atoms with Crippen LogP contribution >= 0.6 is 0 Å². The predicted molar refractivity (Wildman–Crippen MR) is 73.5 cm³/mol. The molecular weight excluding hydrogens is 576 g/mol. The molecule has 0 aliphatic heterocycles. The van der Waals surface area contributed by atoms with E-state index < -0.39 is 74.1 Å². The van der Waals surface area contributed by atoms with E-state index in [2.05, 4.69) is 0 Å². The van der Waals surface area contributed by atoms with Crippen molar-refractivity contribution in [1.29, 1.82) is 0 Å². The third-order valence-electron chi connectivity index (χ3n) is 2.35. The van der Waals surface area contributed by atoms with E-state index >= 15 is 0 Å². The number of carbonyl (C=O) groups is 6. The topological polar surface area (TPSA) is 372 Å². The minimum absolute atomic E-state index is 0. The van der Waals surface area contributed by atoms with Crippen molar-refractivity contribution >= 4 is 35.8 Å². The first-order valence-electron chi connectivity index (χ1n) is 7.47. The van der Waals surface area contributed by atoms with Gasteiger partial charge in [-0.05, 0) is 0 Å². The first-order valence-corrected chi connectivity index (χ1v) is 7.47. The molecule has 6 N–H and O–H groups in total. The molecule has 0 heterocycles. The molecule has 0 aromatic heterocycles. The fraction of sp³-hybridized carbons (Fsp3) is 0.500. The molecule has 23 heteroatoms. The van der Waals surface area contributed by atoms with Crippen LogP contribution in [-0.2, 0) is 65.9 Å². The van der Waals surface area contributed by atoms with Gasteiger partial charge in [-0.15, -0.1) is 0 Å². The molecular formula is C12H15N3O18V2. The molecule has 35 heavy (non-hydrogen) atoms. The van der Waals surface area contributed by atoms with Crippen LogP contribution in [0.3, 0.4) is 0 Å². The monoisotopic (exact) mass is 591 g/mol. The summed E-state index contributed by atoms with van der Waals surface area (Å²) in [7, 11) is 0. The number of carboxylic acids is 6. The zero-order valence-corrected chi connectivity index (χ0v) is 19.5. The second-order valence-electron chi connectivity index (χ2n) is 4.99. The Bertz CT molecular complexity index is 605. The predicted octanol–water partition coefficient (Wildman–Crippen LogP) is -13.5. The van der Waals surface area contributed by atoms with Crippen molar-refractivity contribution < 1.29 is 127 Å². The summed E-state index contributed by atoms with van der Waals surface area (Å²) in [5.74, 6) is -11.1. The number of aliphatic carboxylic acids is 6. The van der Waals surface area contributed by atoms with Gasteiger partial charge in [0, 0.05) is 0 Å². The van der Waals surface area contributed by atoms with Crippen molar-refractivity contribution in [3.8, 4) is 0 Å². The van der Waals surface area contributed by atoms with Crippen molar-refractivity contribution in [2.75, 3.05) is 19.6 Å². The maximum atomic E-state index is 9.75. The number of hydroxylamine groups is 6. The van der Waals surface area contributed by atoms with Crippen LogP contribution < -0.4 is 30.6 Å². The number of nitrogens with zero attached hydrogens (tertiary/aromatic N) is 3. The first kappa shape index (κ1) is 42.8. The summed E-state index contributed by atoms with van der Waals surface area (Å²) in [6, 6.07) is 0. The van der Waals surface area contributed by atoms with Gasteiger partial charge in [0.25, 0.3) is 0 Å². The van der Waals surface area contributed by atoms with Crippen molar-refractivity contribution in [2.45, 2.75) is 18.7 Å². The van der Waals surface area contributed by atoms with E-state index in [9.17, 15) is 59.4 Å². The number of carboxylic acid groups (broad SMARTS) is 6. The molecule has 0 radical (unpaired) electrons. The second kappa shape index (κ2) is 22.1. The van der Waals surface area contributed by atoms with Crippen LogP contribution in [-0.4, -0.2) is 120 Å². The van der Waals surface area contributed by atoms with Crippen molar-refractivity contribution in [3.63, 3.8) is 0 Å². The maximum Gasteiger partial charge on any atom is 3.00 e. The average molecular weight is 591 g/mol. The zero-order chi connectivity index (χ0) is 27.0. The van der Waals surface area contributed by atoms with Gasteiger partial charge in [-0.25, -0.2) is 0 Å². The van der Waals surface area contributed by atoms with Crippen LogP contribution in [0.15, 0.2) is 0 Å². The Balaban J connectivity index is -0.000000125. The SMILES string of the molecule is O=C([O-])CN(O)C(O)C(=O)[O-].O=C([O-])CN(O)C(O)C(=O)[O-].O=C([O-])CN(O)C(O)C(=O)[O-].[V+3].[V+3]. The molecule has 0 saturated carbocycles. The summed E-state index contributed by atoms with van der Waals surface area (Å²) in [4.78, 5) is 58.3. The van der Waals surface area contributed by atoms with Gasteiger partial charge in [0.05, 0.1) is 55.5 Å². The summed E-state index contributed by atoms with van der Waals surface area (Å²) in [5.41, 5.74) is 0. The Labute approximate surface area is 216 Å². The van der Waals surface area contributed by atoms with Gasteiger partial charge >= 0.3 is 37.1 Å². The Morgan fingerprint density at radius 2 is 0.629 bits per heavy atom. The molecule has 0 bridgehead atoms. The van der Waals surface area contributed by atoms with Gasteiger partial charge in [0.1, 0.15) is 0 Å². The standard InChI is InChI=1S/3C4H7NO6.2V/c3*6-2(7)1-5(11)3(8)4(9)10;;/h3*3,8,11H,1H2,(H,6,7)(H,9,10);;/q;;;2*+3/p-6. The largest absolute Gasteiger partial charge is 3.00 e. The number of rotatable bonds is 12. The van der Waals surface area contributed by atoms with Crippen LogP contribution in [0.5, 0.6) is 0 Å². The molecule has 0 aliphatic rings. The number of hydrogen-bond donors (Lipinski definition) is 6. The third-order valence-corrected chi connectivity index (χ3v) is 2.35. The van der Waals surface area contributed by atoms with Crippen LogP contribution in [0.2, 0.25) is 0 Å². The summed E-state index contributed by atoms with van der Waals surface area (Å²) in [5, 5.41) is 108. The molecule has 3 unspecified atom stereocenters.